The largest absolute Gasteiger partial charge is 0.497 e. The maximum absolute atomic E-state index is 11.8. The normalized spacial score (nSPS) is 10.3. The number of nitrogens with zero attached hydrogens (tertiary/aromatic N) is 2. The number of methoxy groups -OCH3 is 1. The lowest BCUT2D eigenvalue weighted by Gasteiger charge is -2.09. The van der Waals surface area contributed by atoms with Gasteiger partial charge in [0.25, 0.3) is 0 Å². The fourth-order valence-electron chi connectivity index (χ4n) is 2.21. The lowest BCUT2D eigenvalue weighted by Crippen LogP contribution is -2.30. The van der Waals surface area contributed by atoms with Gasteiger partial charge in [-0.25, -0.2) is 4.79 Å². The van der Waals surface area contributed by atoms with Crippen LogP contribution in [0.1, 0.15) is 17.8 Å². The molecule has 6 heteroatoms. The molecule has 6 nitrogen and oxygen atoms in total. The monoisotopic (exact) mass is 302 g/mol. The third-order valence-corrected chi connectivity index (χ3v) is 3.26. The van der Waals surface area contributed by atoms with E-state index in [-0.39, 0.29) is 6.03 Å². The van der Waals surface area contributed by atoms with Crippen molar-refractivity contribution in [3.63, 3.8) is 0 Å². The Labute approximate surface area is 130 Å². The van der Waals surface area contributed by atoms with Gasteiger partial charge in [0.15, 0.2) is 0 Å². The Hall–Kier alpha value is -2.50. The molecule has 0 saturated heterocycles. The number of carbonyl (C=O) groups is 1. The third kappa shape index (κ3) is 4.51. The first kappa shape index (κ1) is 15.9. The predicted octanol–water partition coefficient (Wildman–Crippen LogP) is 2.72. The number of urea groups is 1. The molecule has 0 unspecified atom stereocenters. The zero-order chi connectivity index (χ0) is 15.9. The summed E-state index contributed by atoms with van der Waals surface area (Å²) in [5.41, 5.74) is 2.86. The van der Waals surface area contributed by atoms with E-state index in [0.717, 1.165) is 24.4 Å². The molecular weight excluding hydrogens is 280 g/mol. The number of nitrogens with one attached hydrogen (secondary N) is 2. The molecule has 1 aromatic heterocycles. The fraction of sp³-hybridized carbons (Fsp3) is 0.375. The average molecular weight is 302 g/mol. The molecule has 22 heavy (non-hydrogen) atoms. The van der Waals surface area contributed by atoms with Crippen molar-refractivity contribution in [1.29, 1.82) is 0 Å². The molecule has 0 fully saturated rings. The SMILES string of the molecule is COc1cccc(NC(=O)NCCCn2nc(C)cc2C)c1. The number of amides is 2. The molecule has 1 aromatic carbocycles. The van der Waals surface area contributed by atoms with Crippen molar-refractivity contribution in [3.05, 3.63) is 41.7 Å². The third-order valence-electron chi connectivity index (χ3n) is 3.26. The van der Waals surface area contributed by atoms with Crippen molar-refractivity contribution >= 4 is 11.7 Å². The molecule has 0 saturated carbocycles. The second kappa shape index (κ2) is 7.49. The lowest BCUT2D eigenvalue weighted by atomic mass is 10.3. The van der Waals surface area contributed by atoms with Crippen LogP contribution in [0.5, 0.6) is 5.75 Å². The Balaban J connectivity index is 1.72. The van der Waals surface area contributed by atoms with Crippen LogP contribution in [0.25, 0.3) is 0 Å². The highest BCUT2D eigenvalue weighted by molar-refractivity contribution is 5.89. The van der Waals surface area contributed by atoms with E-state index in [2.05, 4.69) is 15.7 Å². The minimum absolute atomic E-state index is 0.221. The number of ether oxygens (including phenoxy) is 1. The quantitative estimate of drug-likeness (QED) is 0.806. The average Bonchev–Trinajstić information content (AvgIpc) is 2.82. The van der Waals surface area contributed by atoms with Gasteiger partial charge in [0.1, 0.15) is 5.75 Å². The highest BCUT2D eigenvalue weighted by Crippen LogP contribution is 2.16. The number of aryl methyl sites for hydroxylation is 3. The number of hydrogen-bond donors (Lipinski definition) is 2. The van der Waals surface area contributed by atoms with Gasteiger partial charge in [0.2, 0.25) is 0 Å². The molecule has 2 rings (SSSR count). The molecule has 0 aliphatic carbocycles. The summed E-state index contributed by atoms with van der Waals surface area (Å²) in [7, 11) is 1.60. The number of benzene rings is 1. The highest BCUT2D eigenvalue weighted by Gasteiger charge is 2.03. The van der Waals surface area contributed by atoms with E-state index in [1.807, 2.05) is 42.8 Å². The minimum Gasteiger partial charge on any atom is -0.497 e. The van der Waals surface area contributed by atoms with Crippen LogP contribution in [-0.2, 0) is 6.54 Å². The molecule has 0 aliphatic heterocycles. The van der Waals surface area contributed by atoms with Gasteiger partial charge in [-0.2, -0.15) is 5.10 Å². The summed E-state index contributed by atoms with van der Waals surface area (Å²) in [6, 6.07) is 9.08. The Bertz CT molecular complexity index is 637. The van der Waals surface area contributed by atoms with Crippen LogP contribution in [-0.4, -0.2) is 29.5 Å². The van der Waals surface area contributed by atoms with Crippen molar-refractivity contribution in [2.24, 2.45) is 0 Å². The first-order valence-electron chi connectivity index (χ1n) is 7.28. The van der Waals surface area contributed by atoms with Crippen molar-refractivity contribution in [2.75, 3.05) is 19.0 Å². The first-order valence-corrected chi connectivity index (χ1v) is 7.28. The van der Waals surface area contributed by atoms with Gasteiger partial charge in [0, 0.05) is 30.5 Å². The van der Waals surface area contributed by atoms with E-state index in [4.69, 9.17) is 4.74 Å². The Morgan fingerprint density at radius 2 is 2.14 bits per heavy atom. The predicted molar refractivity (Wildman–Crippen MR) is 86.3 cm³/mol. The van der Waals surface area contributed by atoms with E-state index in [0.29, 0.717) is 18.0 Å². The van der Waals surface area contributed by atoms with Crippen LogP contribution in [0.2, 0.25) is 0 Å². The number of carbonyl (C=O) groups excluding carboxylic acids is 1. The lowest BCUT2D eigenvalue weighted by molar-refractivity contribution is 0.251. The number of hydrogen-bond acceptors (Lipinski definition) is 3. The van der Waals surface area contributed by atoms with E-state index >= 15 is 0 Å². The zero-order valence-electron chi connectivity index (χ0n) is 13.2. The Morgan fingerprint density at radius 1 is 1.32 bits per heavy atom. The van der Waals surface area contributed by atoms with Crippen molar-refractivity contribution in [2.45, 2.75) is 26.8 Å². The minimum atomic E-state index is -0.221. The van der Waals surface area contributed by atoms with Crippen LogP contribution in [0.3, 0.4) is 0 Å². The van der Waals surface area contributed by atoms with E-state index in [9.17, 15) is 4.79 Å². The molecule has 2 aromatic rings. The standard InChI is InChI=1S/C16H22N4O2/c1-12-10-13(2)20(19-12)9-5-8-17-16(21)18-14-6-4-7-15(11-14)22-3/h4,6-7,10-11H,5,8-9H2,1-3H3,(H2,17,18,21). The molecular formula is C16H22N4O2. The van der Waals surface area contributed by atoms with Crippen LogP contribution in [0, 0.1) is 13.8 Å². The molecule has 0 radical (unpaired) electrons. The Kier molecular flexibility index (Phi) is 5.41. The topological polar surface area (TPSA) is 68.2 Å². The molecule has 0 bridgehead atoms. The van der Waals surface area contributed by atoms with Gasteiger partial charge >= 0.3 is 6.03 Å². The number of anilines is 1. The number of aromatic nitrogens is 2. The summed E-state index contributed by atoms with van der Waals surface area (Å²) in [6.45, 7) is 5.39. The van der Waals surface area contributed by atoms with Gasteiger partial charge in [-0.05, 0) is 38.5 Å². The van der Waals surface area contributed by atoms with Gasteiger partial charge in [-0.15, -0.1) is 0 Å². The first-order chi connectivity index (χ1) is 10.6. The van der Waals surface area contributed by atoms with Crippen molar-refractivity contribution < 1.29 is 9.53 Å². The van der Waals surface area contributed by atoms with Crippen molar-refractivity contribution in [1.82, 2.24) is 15.1 Å². The van der Waals surface area contributed by atoms with Gasteiger partial charge in [-0.3, -0.25) is 4.68 Å². The van der Waals surface area contributed by atoms with Crippen LogP contribution < -0.4 is 15.4 Å². The number of rotatable bonds is 6. The molecule has 0 aliphatic rings. The zero-order valence-corrected chi connectivity index (χ0v) is 13.2. The van der Waals surface area contributed by atoms with Crippen LogP contribution in [0.15, 0.2) is 30.3 Å². The summed E-state index contributed by atoms with van der Waals surface area (Å²) in [5, 5.41) is 10.00. The van der Waals surface area contributed by atoms with Crippen molar-refractivity contribution in [3.8, 4) is 5.75 Å². The smallest absolute Gasteiger partial charge is 0.319 e. The van der Waals surface area contributed by atoms with Gasteiger partial charge in [0.05, 0.1) is 12.8 Å². The van der Waals surface area contributed by atoms with Gasteiger partial charge in [-0.1, -0.05) is 6.07 Å². The molecule has 2 amide bonds. The summed E-state index contributed by atoms with van der Waals surface area (Å²) < 4.78 is 7.07. The summed E-state index contributed by atoms with van der Waals surface area (Å²) in [4.78, 5) is 11.8. The highest BCUT2D eigenvalue weighted by atomic mass is 16.5. The maximum atomic E-state index is 11.8. The van der Waals surface area contributed by atoms with E-state index in [1.54, 1.807) is 13.2 Å². The molecule has 0 atom stereocenters. The van der Waals surface area contributed by atoms with Gasteiger partial charge < -0.3 is 15.4 Å². The maximum Gasteiger partial charge on any atom is 0.319 e. The molecule has 0 spiro atoms. The fourth-order valence-corrected chi connectivity index (χ4v) is 2.21. The van der Waals surface area contributed by atoms with E-state index in [1.165, 1.54) is 0 Å². The van der Waals surface area contributed by atoms with E-state index < -0.39 is 0 Å². The Morgan fingerprint density at radius 3 is 2.82 bits per heavy atom. The summed E-state index contributed by atoms with van der Waals surface area (Å²) in [5.74, 6) is 0.710. The second-order valence-electron chi connectivity index (χ2n) is 5.12. The summed E-state index contributed by atoms with van der Waals surface area (Å²) in [6.07, 6.45) is 0.827. The van der Waals surface area contributed by atoms with Crippen LogP contribution >= 0.6 is 0 Å². The molecule has 1 heterocycles. The molecule has 2 N–H and O–H groups in total. The second-order valence-corrected chi connectivity index (χ2v) is 5.12. The summed E-state index contributed by atoms with van der Waals surface area (Å²) >= 11 is 0. The molecule has 118 valence electrons. The van der Waals surface area contributed by atoms with Crippen LogP contribution in [0.4, 0.5) is 10.5 Å².